The van der Waals surface area contributed by atoms with Gasteiger partial charge in [0.05, 0.1) is 0 Å². The highest BCUT2D eigenvalue weighted by Crippen LogP contribution is 2.37. The standard InChI is InChI=1S/C16H18O2/c1-16(2,3)11-8-9-13(15(18)10-11)12-6-4-5-7-14(12)17/h4-10,17-18H,1-3H3. The molecule has 0 aromatic heterocycles. The molecule has 0 saturated heterocycles. The summed E-state index contributed by atoms with van der Waals surface area (Å²) in [6, 6.07) is 12.6. The summed E-state index contributed by atoms with van der Waals surface area (Å²) in [5.41, 5.74) is 2.37. The van der Waals surface area contributed by atoms with Crippen LogP contribution in [0.1, 0.15) is 26.3 Å². The van der Waals surface area contributed by atoms with Crippen molar-refractivity contribution in [2.24, 2.45) is 0 Å². The van der Waals surface area contributed by atoms with Gasteiger partial charge in [-0.1, -0.05) is 51.1 Å². The minimum atomic E-state index is -0.00522. The zero-order chi connectivity index (χ0) is 13.3. The van der Waals surface area contributed by atoms with Crippen LogP contribution in [0.5, 0.6) is 11.5 Å². The molecule has 0 atom stereocenters. The Kier molecular flexibility index (Phi) is 3.04. The van der Waals surface area contributed by atoms with Crippen LogP contribution >= 0.6 is 0 Å². The van der Waals surface area contributed by atoms with Crippen molar-refractivity contribution < 1.29 is 10.2 Å². The maximum absolute atomic E-state index is 10.1. The fraction of sp³-hybridized carbons (Fsp3) is 0.250. The first kappa shape index (κ1) is 12.5. The molecule has 2 nitrogen and oxygen atoms in total. The quantitative estimate of drug-likeness (QED) is 0.791. The Hall–Kier alpha value is -1.96. The maximum Gasteiger partial charge on any atom is 0.123 e. The lowest BCUT2D eigenvalue weighted by molar-refractivity contribution is 0.467. The monoisotopic (exact) mass is 242 g/mol. The van der Waals surface area contributed by atoms with E-state index in [2.05, 4.69) is 20.8 Å². The second-order valence-corrected chi connectivity index (χ2v) is 5.50. The van der Waals surface area contributed by atoms with Gasteiger partial charge in [0.1, 0.15) is 11.5 Å². The van der Waals surface area contributed by atoms with Gasteiger partial charge < -0.3 is 10.2 Å². The van der Waals surface area contributed by atoms with E-state index in [1.807, 2.05) is 18.2 Å². The van der Waals surface area contributed by atoms with Crippen molar-refractivity contribution in [2.75, 3.05) is 0 Å². The Morgan fingerprint density at radius 1 is 0.778 bits per heavy atom. The van der Waals surface area contributed by atoms with Crippen molar-refractivity contribution in [3.63, 3.8) is 0 Å². The number of phenolic OH excluding ortho intramolecular Hbond substituents is 2. The van der Waals surface area contributed by atoms with Crippen LogP contribution in [-0.4, -0.2) is 10.2 Å². The smallest absolute Gasteiger partial charge is 0.123 e. The first-order valence-electron chi connectivity index (χ1n) is 6.01. The van der Waals surface area contributed by atoms with Crippen molar-refractivity contribution in [1.29, 1.82) is 0 Å². The van der Waals surface area contributed by atoms with E-state index in [1.54, 1.807) is 24.3 Å². The van der Waals surface area contributed by atoms with E-state index >= 15 is 0 Å². The molecular formula is C16H18O2. The third-order valence-corrected chi connectivity index (χ3v) is 3.06. The molecule has 0 heterocycles. The summed E-state index contributed by atoms with van der Waals surface area (Å²) in [4.78, 5) is 0. The normalized spacial score (nSPS) is 11.5. The fourth-order valence-electron chi connectivity index (χ4n) is 1.93. The summed E-state index contributed by atoms with van der Waals surface area (Å²) in [5, 5.41) is 19.9. The zero-order valence-electron chi connectivity index (χ0n) is 10.9. The summed E-state index contributed by atoms with van der Waals surface area (Å²) >= 11 is 0. The Balaban J connectivity index is 2.52. The molecule has 0 amide bonds. The van der Waals surface area contributed by atoms with E-state index in [4.69, 9.17) is 0 Å². The van der Waals surface area contributed by atoms with Crippen molar-refractivity contribution in [2.45, 2.75) is 26.2 Å². The molecule has 2 heteroatoms. The number of hydrogen-bond donors (Lipinski definition) is 2. The predicted octanol–water partition coefficient (Wildman–Crippen LogP) is 4.06. The van der Waals surface area contributed by atoms with Gasteiger partial charge >= 0.3 is 0 Å². The van der Waals surface area contributed by atoms with Gasteiger partial charge in [0.15, 0.2) is 0 Å². The molecule has 0 aliphatic carbocycles. The van der Waals surface area contributed by atoms with Gasteiger partial charge in [-0.2, -0.15) is 0 Å². The predicted molar refractivity (Wildman–Crippen MR) is 73.9 cm³/mol. The number of aromatic hydroxyl groups is 2. The van der Waals surface area contributed by atoms with Crippen molar-refractivity contribution >= 4 is 0 Å². The topological polar surface area (TPSA) is 40.5 Å². The van der Waals surface area contributed by atoms with Crippen molar-refractivity contribution in [1.82, 2.24) is 0 Å². The van der Waals surface area contributed by atoms with E-state index in [9.17, 15) is 10.2 Å². The second-order valence-electron chi connectivity index (χ2n) is 5.50. The Bertz CT molecular complexity index is 566. The highest BCUT2D eigenvalue weighted by atomic mass is 16.3. The molecule has 0 aliphatic heterocycles. The van der Waals surface area contributed by atoms with Crippen molar-refractivity contribution in [3.05, 3.63) is 48.0 Å². The van der Waals surface area contributed by atoms with Crippen LogP contribution in [0.4, 0.5) is 0 Å². The van der Waals surface area contributed by atoms with Gasteiger partial charge in [-0.25, -0.2) is 0 Å². The molecule has 2 aromatic rings. The van der Waals surface area contributed by atoms with Crippen LogP contribution in [0, 0.1) is 0 Å². The molecule has 2 aromatic carbocycles. The molecule has 94 valence electrons. The molecule has 0 radical (unpaired) electrons. The number of hydrogen-bond acceptors (Lipinski definition) is 2. The molecule has 0 fully saturated rings. The van der Waals surface area contributed by atoms with Gasteiger partial charge in [-0.05, 0) is 23.1 Å². The van der Waals surface area contributed by atoms with E-state index < -0.39 is 0 Å². The zero-order valence-corrected chi connectivity index (χ0v) is 10.9. The molecule has 0 aliphatic rings. The van der Waals surface area contributed by atoms with Crippen LogP contribution in [0.25, 0.3) is 11.1 Å². The Morgan fingerprint density at radius 3 is 1.94 bits per heavy atom. The van der Waals surface area contributed by atoms with E-state index in [0.717, 1.165) is 5.56 Å². The van der Waals surface area contributed by atoms with Crippen LogP contribution in [0.15, 0.2) is 42.5 Å². The Morgan fingerprint density at radius 2 is 1.39 bits per heavy atom. The van der Waals surface area contributed by atoms with Crippen LogP contribution in [-0.2, 0) is 5.41 Å². The molecule has 0 saturated carbocycles. The second kappa shape index (κ2) is 4.37. The molecule has 0 bridgehead atoms. The highest BCUT2D eigenvalue weighted by molar-refractivity contribution is 5.75. The minimum absolute atomic E-state index is 0.00522. The first-order valence-corrected chi connectivity index (χ1v) is 6.01. The summed E-state index contributed by atoms with van der Waals surface area (Å²) in [5.74, 6) is 0.375. The highest BCUT2D eigenvalue weighted by Gasteiger charge is 2.16. The number of para-hydroxylation sites is 1. The summed E-state index contributed by atoms with van der Waals surface area (Å²) < 4.78 is 0. The lowest BCUT2D eigenvalue weighted by Crippen LogP contribution is -2.10. The lowest BCUT2D eigenvalue weighted by atomic mass is 9.86. The molecule has 2 N–H and O–H groups in total. The molecule has 0 spiro atoms. The molecule has 2 rings (SSSR count). The molecular weight excluding hydrogens is 224 g/mol. The third kappa shape index (κ3) is 2.33. The Labute approximate surface area is 108 Å². The van der Waals surface area contributed by atoms with E-state index in [1.165, 1.54) is 0 Å². The minimum Gasteiger partial charge on any atom is -0.507 e. The fourth-order valence-corrected chi connectivity index (χ4v) is 1.93. The number of rotatable bonds is 1. The largest absolute Gasteiger partial charge is 0.507 e. The van der Waals surface area contributed by atoms with Gasteiger partial charge in [0.25, 0.3) is 0 Å². The van der Waals surface area contributed by atoms with Crippen LogP contribution < -0.4 is 0 Å². The third-order valence-electron chi connectivity index (χ3n) is 3.06. The van der Waals surface area contributed by atoms with Gasteiger partial charge in [-0.3, -0.25) is 0 Å². The van der Waals surface area contributed by atoms with Crippen LogP contribution in [0.2, 0.25) is 0 Å². The molecule has 0 unspecified atom stereocenters. The van der Waals surface area contributed by atoms with Crippen LogP contribution in [0.3, 0.4) is 0 Å². The number of benzene rings is 2. The maximum atomic E-state index is 10.1. The van der Waals surface area contributed by atoms with E-state index in [-0.39, 0.29) is 16.9 Å². The lowest BCUT2D eigenvalue weighted by Gasteiger charge is -2.20. The summed E-state index contributed by atoms with van der Waals surface area (Å²) in [7, 11) is 0. The van der Waals surface area contributed by atoms with Gasteiger partial charge in [0.2, 0.25) is 0 Å². The summed E-state index contributed by atoms with van der Waals surface area (Å²) in [6.45, 7) is 6.30. The van der Waals surface area contributed by atoms with Gasteiger partial charge in [0, 0.05) is 11.1 Å². The SMILES string of the molecule is CC(C)(C)c1ccc(-c2ccccc2O)c(O)c1. The average molecular weight is 242 g/mol. The van der Waals surface area contributed by atoms with E-state index in [0.29, 0.717) is 11.1 Å². The van der Waals surface area contributed by atoms with Crippen molar-refractivity contribution in [3.8, 4) is 22.6 Å². The molecule has 18 heavy (non-hydrogen) atoms. The first-order chi connectivity index (χ1) is 8.39. The summed E-state index contributed by atoms with van der Waals surface area (Å²) in [6.07, 6.45) is 0. The number of phenols is 2. The average Bonchev–Trinajstić information content (AvgIpc) is 2.29. The van der Waals surface area contributed by atoms with Gasteiger partial charge in [-0.15, -0.1) is 0 Å².